The molecular formula is C11H22N2O. The molecule has 0 unspecified atom stereocenters. The van der Waals surface area contributed by atoms with Crippen LogP contribution in [0.5, 0.6) is 0 Å². The van der Waals surface area contributed by atoms with E-state index in [0.717, 1.165) is 38.6 Å². The van der Waals surface area contributed by atoms with Gasteiger partial charge in [-0.2, -0.15) is 0 Å². The van der Waals surface area contributed by atoms with Crippen molar-refractivity contribution in [1.82, 2.24) is 9.80 Å². The molecule has 3 heteroatoms. The van der Waals surface area contributed by atoms with Gasteiger partial charge in [0.05, 0.1) is 12.8 Å². The van der Waals surface area contributed by atoms with Crippen LogP contribution in [0.15, 0.2) is 0 Å². The fourth-order valence-corrected chi connectivity index (χ4v) is 2.52. The third-order valence-electron chi connectivity index (χ3n) is 3.63. The molecule has 0 saturated carbocycles. The molecule has 0 aromatic heterocycles. The van der Waals surface area contributed by atoms with Gasteiger partial charge in [0, 0.05) is 19.1 Å². The number of aliphatic hydroxyl groups excluding tert-OH is 1. The smallest absolute Gasteiger partial charge is 0.0564 e. The third kappa shape index (κ3) is 2.47. The molecule has 1 atom stereocenters. The van der Waals surface area contributed by atoms with Crippen molar-refractivity contribution < 1.29 is 5.11 Å². The van der Waals surface area contributed by atoms with Crippen LogP contribution in [-0.4, -0.2) is 53.4 Å². The van der Waals surface area contributed by atoms with Crippen LogP contribution < -0.4 is 0 Å². The van der Waals surface area contributed by atoms with Crippen molar-refractivity contribution in [2.75, 3.05) is 26.3 Å². The molecule has 0 amide bonds. The monoisotopic (exact) mass is 198 g/mol. The SMILES string of the molecule is C[C@@H]1CCCN1CN1CCC(O)CC1. The van der Waals surface area contributed by atoms with Gasteiger partial charge in [-0.15, -0.1) is 0 Å². The second-order valence-corrected chi connectivity index (χ2v) is 4.79. The standard InChI is InChI=1S/C11H22N2O/c1-10-3-2-6-13(10)9-12-7-4-11(14)5-8-12/h10-11,14H,2-9H2,1H3/t10-/m1/s1. The van der Waals surface area contributed by atoms with Crippen LogP contribution in [0.4, 0.5) is 0 Å². The maximum Gasteiger partial charge on any atom is 0.0564 e. The summed E-state index contributed by atoms with van der Waals surface area (Å²) in [6.07, 6.45) is 4.60. The Balaban J connectivity index is 1.74. The van der Waals surface area contributed by atoms with Crippen LogP contribution in [0, 0.1) is 0 Å². The van der Waals surface area contributed by atoms with Gasteiger partial charge in [0.1, 0.15) is 0 Å². The highest BCUT2D eigenvalue weighted by molar-refractivity contribution is 4.77. The fourth-order valence-electron chi connectivity index (χ4n) is 2.52. The summed E-state index contributed by atoms with van der Waals surface area (Å²) in [4.78, 5) is 5.05. The van der Waals surface area contributed by atoms with E-state index in [2.05, 4.69) is 16.7 Å². The van der Waals surface area contributed by atoms with Crippen molar-refractivity contribution in [1.29, 1.82) is 0 Å². The van der Waals surface area contributed by atoms with Gasteiger partial charge in [-0.05, 0) is 39.2 Å². The fraction of sp³-hybridized carbons (Fsp3) is 1.00. The van der Waals surface area contributed by atoms with Gasteiger partial charge in [0.2, 0.25) is 0 Å². The van der Waals surface area contributed by atoms with Gasteiger partial charge in [-0.1, -0.05) is 0 Å². The molecule has 0 aliphatic carbocycles. The van der Waals surface area contributed by atoms with Crippen LogP contribution in [-0.2, 0) is 0 Å². The summed E-state index contributed by atoms with van der Waals surface area (Å²) in [5.41, 5.74) is 0. The average Bonchev–Trinajstić information content (AvgIpc) is 2.56. The molecule has 0 bridgehead atoms. The predicted octanol–water partition coefficient (Wildman–Crippen LogP) is 0.885. The molecule has 1 N–H and O–H groups in total. The van der Waals surface area contributed by atoms with E-state index >= 15 is 0 Å². The van der Waals surface area contributed by atoms with E-state index < -0.39 is 0 Å². The van der Waals surface area contributed by atoms with Gasteiger partial charge < -0.3 is 5.11 Å². The van der Waals surface area contributed by atoms with E-state index in [-0.39, 0.29) is 6.10 Å². The lowest BCUT2D eigenvalue weighted by molar-refractivity contribution is 0.0472. The lowest BCUT2D eigenvalue weighted by Crippen LogP contribution is -2.44. The highest BCUT2D eigenvalue weighted by Gasteiger charge is 2.24. The zero-order valence-corrected chi connectivity index (χ0v) is 9.15. The maximum absolute atomic E-state index is 9.40. The summed E-state index contributed by atoms with van der Waals surface area (Å²) in [5, 5.41) is 9.40. The normalized spacial score (nSPS) is 32.6. The maximum atomic E-state index is 9.40. The molecule has 2 rings (SSSR count). The minimum Gasteiger partial charge on any atom is -0.393 e. The van der Waals surface area contributed by atoms with Crippen LogP contribution in [0.3, 0.4) is 0 Å². The molecule has 0 spiro atoms. The summed E-state index contributed by atoms with van der Waals surface area (Å²) in [6, 6.07) is 0.766. The molecule has 2 saturated heterocycles. The summed E-state index contributed by atoms with van der Waals surface area (Å²) in [6.45, 7) is 6.86. The zero-order valence-electron chi connectivity index (χ0n) is 9.15. The van der Waals surface area contributed by atoms with Crippen molar-refractivity contribution in [3.8, 4) is 0 Å². The van der Waals surface area contributed by atoms with E-state index in [0.29, 0.717) is 0 Å². The second kappa shape index (κ2) is 4.60. The molecule has 0 aromatic carbocycles. The van der Waals surface area contributed by atoms with Gasteiger partial charge in [0.15, 0.2) is 0 Å². The number of nitrogens with zero attached hydrogens (tertiary/aromatic N) is 2. The highest BCUT2D eigenvalue weighted by Crippen LogP contribution is 2.18. The topological polar surface area (TPSA) is 26.7 Å². The van der Waals surface area contributed by atoms with Gasteiger partial charge in [-0.25, -0.2) is 0 Å². The van der Waals surface area contributed by atoms with Gasteiger partial charge in [0.25, 0.3) is 0 Å². The van der Waals surface area contributed by atoms with E-state index in [1.54, 1.807) is 0 Å². The Labute approximate surface area is 86.7 Å². The molecule has 2 heterocycles. The molecule has 3 nitrogen and oxygen atoms in total. The van der Waals surface area contributed by atoms with E-state index in [1.807, 2.05) is 0 Å². The Hall–Kier alpha value is -0.120. The van der Waals surface area contributed by atoms with E-state index in [1.165, 1.54) is 19.4 Å². The average molecular weight is 198 g/mol. The second-order valence-electron chi connectivity index (χ2n) is 4.79. The molecule has 2 fully saturated rings. The Bertz CT molecular complexity index is 178. The van der Waals surface area contributed by atoms with Gasteiger partial charge >= 0.3 is 0 Å². The molecule has 2 aliphatic rings. The first-order valence-corrected chi connectivity index (χ1v) is 5.90. The number of hydrogen-bond acceptors (Lipinski definition) is 3. The number of hydrogen-bond donors (Lipinski definition) is 1. The molecule has 0 aromatic rings. The number of likely N-dealkylation sites (tertiary alicyclic amines) is 2. The molecule has 82 valence electrons. The minimum absolute atomic E-state index is 0.0396. The first-order chi connectivity index (χ1) is 6.75. The van der Waals surface area contributed by atoms with Crippen molar-refractivity contribution in [3.05, 3.63) is 0 Å². The summed E-state index contributed by atoms with van der Waals surface area (Å²) in [7, 11) is 0. The Kier molecular flexibility index (Phi) is 3.42. The number of rotatable bonds is 2. The molecular weight excluding hydrogens is 176 g/mol. The van der Waals surface area contributed by atoms with Crippen molar-refractivity contribution in [2.24, 2.45) is 0 Å². The van der Waals surface area contributed by atoms with E-state index in [9.17, 15) is 5.11 Å². The summed E-state index contributed by atoms with van der Waals surface area (Å²) < 4.78 is 0. The van der Waals surface area contributed by atoms with Crippen LogP contribution in [0.2, 0.25) is 0 Å². The van der Waals surface area contributed by atoms with E-state index in [4.69, 9.17) is 0 Å². The number of aliphatic hydroxyl groups is 1. The summed E-state index contributed by atoms with van der Waals surface area (Å²) in [5.74, 6) is 0. The minimum atomic E-state index is -0.0396. The van der Waals surface area contributed by atoms with Crippen LogP contribution >= 0.6 is 0 Å². The highest BCUT2D eigenvalue weighted by atomic mass is 16.3. The molecule has 2 aliphatic heterocycles. The Morgan fingerprint density at radius 2 is 1.86 bits per heavy atom. The summed E-state index contributed by atoms with van der Waals surface area (Å²) >= 11 is 0. The lowest BCUT2D eigenvalue weighted by Gasteiger charge is -2.34. The van der Waals surface area contributed by atoms with Crippen molar-refractivity contribution in [3.63, 3.8) is 0 Å². The first-order valence-electron chi connectivity index (χ1n) is 5.90. The lowest BCUT2D eigenvalue weighted by atomic mass is 10.1. The number of piperidine rings is 1. The third-order valence-corrected chi connectivity index (χ3v) is 3.63. The first kappa shape index (κ1) is 10.4. The zero-order chi connectivity index (χ0) is 9.97. The van der Waals surface area contributed by atoms with Crippen LogP contribution in [0.1, 0.15) is 32.6 Å². The predicted molar refractivity (Wildman–Crippen MR) is 57.1 cm³/mol. The quantitative estimate of drug-likeness (QED) is 0.713. The van der Waals surface area contributed by atoms with Crippen molar-refractivity contribution >= 4 is 0 Å². The Morgan fingerprint density at radius 1 is 1.14 bits per heavy atom. The van der Waals surface area contributed by atoms with Crippen LogP contribution in [0.25, 0.3) is 0 Å². The van der Waals surface area contributed by atoms with Gasteiger partial charge in [-0.3, -0.25) is 9.80 Å². The largest absolute Gasteiger partial charge is 0.393 e. The molecule has 0 radical (unpaired) electrons. The Morgan fingerprint density at radius 3 is 2.43 bits per heavy atom. The molecule has 14 heavy (non-hydrogen) atoms. The van der Waals surface area contributed by atoms with Crippen molar-refractivity contribution in [2.45, 2.75) is 44.8 Å².